The summed E-state index contributed by atoms with van der Waals surface area (Å²) < 4.78 is 0. The lowest BCUT2D eigenvalue weighted by molar-refractivity contribution is -0.137. The van der Waals surface area contributed by atoms with Crippen LogP contribution in [0.2, 0.25) is 0 Å². The van der Waals surface area contributed by atoms with Crippen molar-refractivity contribution >= 4 is 39.9 Å². The Hall–Kier alpha value is -4.04. The molecule has 8 heteroatoms. The molecule has 5 N–H and O–H groups in total. The van der Waals surface area contributed by atoms with Gasteiger partial charge in [-0.3, -0.25) is 14.4 Å². The highest BCUT2D eigenvalue weighted by atomic mass is 16.3. The number of hydrazone groups is 1. The largest absolute Gasteiger partial charge is 0.375 e. The van der Waals surface area contributed by atoms with Crippen molar-refractivity contribution < 1.29 is 19.5 Å². The molecule has 0 fully saturated rings. The van der Waals surface area contributed by atoms with Crippen LogP contribution >= 0.6 is 0 Å². The van der Waals surface area contributed by atoms with Gasteiger partial charge in [-0.1, -0.05) is 54.6 Å². The monoisotopic (exact) mass is 402 g/mol. The molecule has 1 aliphatic heterocycles. The number of carbonyl (C=O) groups is 3. The normalized spacial score (nSPS) is 18.0. The first-order valence-corrected chi connectivity index (χ1v) is 9.17. The third-order valence-corrected chi connectivity index (χ3v) is 5.02. The SMILES string of the molecule is NC(=O)C(=O)N/N=C(\C[C@@]1(O)C(=O)Nc2ccccc21)c1ccc2ccccc2c1. The van der Waals surface area contributed by atoms with Gasteiger partial charge >= 0.3 is 11.8 Å². The van der Waals surface area contributed by atoms with Crippen LogP contribution in [0.3, 0.4) is 0 Å². The number of nitrogens with one attached hydrogen (secondary N) is 2. The summed E-state index contributed by atoms with van der Waals surface area (Å²) in [5, 5.41) is 19.8. The number of anilines is 1. The van der Waals surface area contributed by atoms with Crippen molar-refractivity contribution in [2.45, 2.75) is 12.0 Å². The molecule has 8 nitrogen and oxygen atoms in total. The van der Waals surface area contributed by atoms with E-state index in [1.54, 1.807) is 30.3 Å². The van der Waals surface area contributed by atoms with Crippen LogP contribution in [-0.2, 0) is 20.0 Å². The van der Waals surface area contributed by atoms with E-state index in [4.69, 9.17) is 5.73 Å². The van der Waals surface area contributed by atoms with Gasteiger partial charge in [-0.2, -0.15) is 5.10 Å². The van der Waals surface area contributed by atoms with E-state index in [-0.39, 0.29) is 12.1 Å². The highest BCUT2D eigenvalue weighted by Gasteiger charge is 2.46. The molecule has 1 heterocycles. The van der Waals surface area contributed by atoms with Gasteiger partial charge in [-0.05, 0) is 28.5 Å². The molecular weight excluding hydrogens is 384 g/mol. The Kier molecular flexibility index (Phi) is 4.77. The molecule has 3 aromatic rings. The van der Waals surface area contributed by atoms with Crippen LogP contribution in [0.1, 0.15) is 17.5 Å². The zero-order valence-electron chi connectivity index (χ0n) is 15.8. The maximum atomic E-state index is 12.6. The van der Waals surface area contributed by atoms with Gasteiger partial charge in [-0.25, -0.2) is 5.43 Å². The third kappa shape index (κ3) is 3.40. The minimum absolute atomic E-state index is 0.213. The van der Waals surface area contributed by atoms with Crippen LogP contribution in [0.5, 0.6) is 0 Å². The third-order valence-electron chi connectivity index (χ3n) is 5.02. The minimum atomic E-state index is -1.89. The van der Waals surface area contributed by atoms with Crippen LogP contribution in [-0.4, -0.2) is 28.5 Å². The summed E-state index contributed by atoms with van der Waals surface area (Å²) in [5.74, 6) is -2.89. The molecule has 150 valence electrons. The second kappa shape index (κ2) is 7.41. The first-order chi connectivity index (χ1) is 14.4. The zero-order valence-corrected chi connectivity index (χ0v) is 15.8. The van der Waals surface area contributed by atoms with Gasteiger partial charge in [0.25, 0.3) is 5.91 Å². The van der Waals surface area contributed by atoms with Gasteiger partial charge in [0, 0.05) is 17.7 Å². The molecule has 0 saturated carbocycles. The Labute approximate surface area is 171 Å². The Balaban J connectivity index is 1.77. The molecule has 3 aromatic carbocycles. The number of amides is 3. The predicted octanol–water partition coefficient (Wildman–Crippen LogP) is 1.38. The summed E-state index contributed by atoms with van der Waals surface area (Å²) in [5.41, 5.74) is 6.87. The second-order valence-corrected chi connectivity index (χ2v) is 6.96. The van der Waals surface area contributed by atoms with E-state index in [1.807, 2.05) is 36.4 Å². The smallest absolute Gasteiger partial charge is 0.329 e. The van der Waals surface area contributed by atoms with Crippen LogP contribution in [0, 0.1) is 0 Å². The number of fused-ring (bicyclic) bond motifs is 2. The van der Waals surface area contributed by atoms with Crippen molar-refractivity contribution in [3.05, 3.63) is 77.9 Å². The number of carbonyl (C=O) groups excluding carboxylic acids is 3. The van der Waals surface area contributed by atoms with Crippen molar-refractivity contribution in [1.29, 1.82) is 0 Å². The number of aliphatic hydroxyl groups is 1. The molecule has 0 aliphatic carbocycles. The lowest BCUT2D eigenvalue weighted by atomic mass is 9.87. The maximum absolute atomic E-state index is 12.6. The van der Waals surface area contributed by atoms with Gasteiger partial charge in [-0.15, -0.1) is 0 Å². The molecule has 30 heavy (non-hydrogen) atoms. The number of para-hydroxylation sites is 1. The van der Waals surface area contributed by atoms with E-state index in [0.717, 1.165) is 10.8 Å². The van der Waals surface area contributed by atoms with Crippen molar-refractivity contribution in [2.75, 3.05) is 5.32 Å². The summed E-state index contributed by atoms with van der Waals surface area (Å²) in [7, 11) is 0. The summed E-state index contributed by atoms with van der Waals surface area (Å²) >= 11 is 0. The quantitative estimate of drug-likeness (QED) is 0.298. The average molecular weight is 402 g/mol. The first-order valence-electron chi connectivity index (χ1n) is 9.17. The van der Waals surface area contributed by atoms with E-state index in [2.05, 4.69) is 15.8 Å². The van der Waals surface area contributed by atoms with Gasteiger partial charge in [0.15, 0.2) is 5.60 Å². The van der Waals surface area contributed by atoms with Crippen molar-refractivity contribution in [3.8, 4) is 0 Å². The molecule has 0 saturated heterocycles. The van der Waals surface area contributed by atoms with Gasteiger partial charge < -0.3 is 16.2 Å². The fourth-order valence-electron chi connectivity index (χ4n) is 3.47. The Morgan fingerprint density at radius 1 is 1.03 bits per heavy atom. The highest BCUT2D eigenvalue weighted by Crippen LogP contribution is 2.39. The molecule has 0 bridgehead atoms. The molecule has 0 aromatic heterocycles. The molecule has 3 amide bonds. The Bertz CT molecular complexity index is 1220. The maximum Gasteiger partial charge on any atom is 0.329 e. The average Bonchev–Trinajstić information content (AvgIpc) is 3.00. The van der Waals surface area contributed by atoms with E-state index in [1.165, 1.54) is 0 Å². The predicted molar refractivity (Wildman–Crippen MR) is 111 cm³/mol. The number of nitrogens with zero attached hydrogens (tertiary/aromatic N) is 1. The molecule has 1 aliphatic rings. The molecule has 1 atom stereocenters. The van der Waals surface area contributed by atoms with E-state index in [0.29, 0.717) is 16.8 Å². The van der Waals surface area contributed by atoms with Crippen LogP contribution in [0.4, 0.5) is 5.69 Å². The zero-order chi connectivity index (χ0) is 21.3. The minimum Gasteiger partial charge on any atom is -0.375 e. The van der Waals surface area contributed by atoms with Crippen LogP contribution < -0.4 is 16.5 Å². The molecular formula is C22H18N4O4. The Morgan fingerprint density at radius 2 is 1.73 bits per heavy atom. The highest BCUT2D eigenvalue weighted by molar-refractivity contribution is 6.34. The van der Waals surface area contributed by atoms with E-state index >= 15 is 0 Å². The molecule has 0 unspecified atom stereocenters. The van der Waals surface area contributed by atoms with E-state index < -0.39 is 23.3 Å². The number of rotatable bonds is 4. The van der Waals surface area contributed by atoms with Crippen molar-refractivity contribution in [3.63, 3.8) is 0 Å². The number of nitrogens with two attached hydrogens (primary N) is 1. The van der Waals surface area contributed by atoms with Crippen molar-refractivity contribution in [2.24, 2.45) is 10.8 Å². The number of hydrogen-bond donors (Lipinski definition) is 4. The number of primary amides is 1. The summed E-state index contributed by atoms with van der Waals surface area (Å²) in [6.07, 6.45) is -0.229. The summed E-state index contributed by atoms with van der Waals surface area (Å²) in [6.45, 7) is 0. The lowest BCUT2D eigenvalue weighted by Crippen LogP contribution is -2.38. The van der Waals surface area contributed by atoms with Crippen LogP contribution in [0.25, 0.3) is 10.8 Å². The fraction of sp³-hybridized carbons (Fsp3) is 0.0909. The second-order valence-electron chi connectivity index (χ2n) is 6.96. The topological polar surface area (TPSA) is 134 Å². The molecule has 4 rings (SSSR count). The fourth-order valence-corrected chi connectivity index (χ4v) is 3.47. The number of hydrogen-bond acceptors (Lipinski definition) is 5. The van der Waals surface area contributed by atoms with Gasteiger partial charge in [0.1, 0.15) is 0 Å². The van der Waals surface area contributed by atoms with Crippen molar-refractivity contribution in [1.82, 2.24) is 5.43 Å². The van der Waals surface area contributed by atoms with Gasteiger partial charge in [0.05, 0.1) is 5.71 Å². The van der Waals surface area contributed by atoms with E-state index in [9.17, 15) is 19.5 Å². The Morgan fingerprint density at radius 3 is 2.50 bits per heavy atom. The lowest BCUT2D eigenvalue weighted by Gasteiger charge is -2.22. The number of benzene rings is 3. The summed E-state index contributed by atoms with van der Waals surface area (Å²) in [4.78, 5) is 35.3. The standard InChI is InChI=1S/C22H18N4O4/c23-19(27)20(28)26-25-18(15-10-9-13-5-1-2-6-14(13)11-15)12-22(30)16-7-3-4-8-17(16)24-21(22)29/h1-11,30H,12H2,(H2,23,27)(H,24,29)(H,26,28)/b25-18+/t22-/m0/s1. The first kappa shape index (κ1) is 19.3. The summed E-state index contributed by atoms with van der Waals surface area (Å²) in [6, 6.07) is 19.9. The molecule has 0 spiro atoms. The molecule has 0 radical (unpaired) electrons. The van der Waals surface area contributed by atoms with Crippen LogP contribution in [0.15, 0.2) is 71.8 Å². The van der Waals surface area contributed by atoms with Gasteiger partial charge in [0.2, 0.25) is 0 Å².